The summed E-state index contributed by atoms with van der Waals surface area (Å²) in [5.41, 5.74) is 1.81. The van der Waals surface area contributed by atoms with E-state index in [-0.39, 0.29) is 11.4 Å². The fourth-order valence-electron chi connectivity index (χ4n) is 5.58. The number of likely N-dealkylation sites (tertiary alicyclic amines) is 2. The first kappa shape index (κ1) is 20.8. The van der Waals surface area contributed by atoms with Crippen molar-refractivity contribution in [3.05, 3.63) is 17.5 Å². The van der Waals surface area contributed by atoms with Crippen LogP contribution in [0.25, 0.3) is 0 Å². The summed E-state index contributed by atoms with van der Waals surface area (Å²) in [6.07, 6.45) is 8.88. The Labute approximate surface area is 174 Å². The molecule has 2 aliphatic heterocycles. The lowest BCUT2D eigenvalue weighted by Gasteiger charge is -2.63. The Bertz CT molecular complexity index is 685. The van der Waals surface area contributed by atoms with Crippen LogP contribution in [-0.2, 0) is 16.5 Å². The van der Waals surface area contributed by atoms with Crippen molar-refractivity contribution >= 4 is 5.91 Å². The van der Waals surface area contributed by atoms with Crippen LogP contribution in [0, 0.1) is 6.92 Å². The third-order valence-corrected chi connectivity index (χ3v) is 7.39. The summed E-state index contributed by atoms with van der Waals surface area (Å²) in [7, 11) is 3.62. The molecule has 1 aromatic heterocycles. The van der Waals surface area contributed by atoms with Gasteiger partial charge in [0.25, 0.3) is 5.91 Å². The normalized spacial score (nSPS) is 25.3. The predicted octanol–water partition coefficient (Wildman–Crippen LogP) is 2.38. The molecule has 1 aromatic rings. The average Bonchev–Trinajstić information content (AvgIpc) is 3.09. The van der Waals surface area contributed by atoms with E-state index in [0.29, 0.717) is 31.1 Å². The number of piperidine rings is 1. The molecule has 1 amide bonds. The molecule has 2 saturated heterocycles. The third kappa shape index (κ3) is 3.97. The maximum Gasteiger partial charge on any atom is 0.274 e. The molecule has 4 rings (SSSR count). The highest BCUT2D eigenvalue weighted by Gasteiger charge is 2.56. The van der Waals surface area contributed by atoms with Gasteiger partial charge in [-0.2, -0.15) is 5.10 Å². The Balaban J connectivity index is 1.35. The summed E-state index contributed by atoms with van der Waals surface area (Å²) in [6, 6.07) is 2.45. The lowest BCUT2D eigenvalue weighted by molar-refractivity contribution is -0.203. The van der Waals surface area contributed by atoms with Crippen molar-refractivity contribution in [3.8, 4) is 0 Å². The van der Waals surface area contributed by atoms with Crippen LogP contribution < -0.4 is 0 Å². The maximum absolute atomic E-state index is 12.8. The first-order chi connectivity index (χ1) is 14.0. The topological polar surface area (TPSA) is 59.8 Å². The van der Waals surface area contributed by atoms with Gasteiger partial charge in [0.15, 0.2) is 5.69 Å². The van der Waals surface area contributed by atoms with Gasteiger partial charge >= 0.3 is 0 Å². The molecule has 7 nitrogen and oxygen atoms in total. The van der Waals surface area contributed by atoms with Gasteiger partial charge in [0.2, 0.25) is 0 Å². The van der Waals surface area contributed by atoms with Crippen LogP contribution in [0.3, 0.4) is 0 Å². The Morgan fingerprint density at radius 3 is 2.55 bits per heavy atom. The molecule has 1 atom stereocenters. The largest absolute Gasteiger partial charge is 0.382 e. The SMILES string of the molecule is COCCOC1CN(C2CCN(C(=O)c3cc(C)n(C)n3)CC2)C12CCCCC2. The zero-order chi connectivity index (χ0) is 20.4. The summed E-state index contributed by atoms with van der Waals surface area (Å²) >= 11 is 0. The van der Waals surface area contributed by atoms with Gasteiger partial charge in [0.05, 0.1) is 19.3 Å². The third-order valence-electron chi connectivity index (χ3n) is 7.39. The molecule has 3 heterocycles. The van der Waals surface area contributed by atoms with Crippen LogP contribution in [0.5, 0.6) is 0 Å². The summed E-state index contributed by atoms with van der Waals surface area (Å²) in [4.78, 5) is 17.5. The van der Waals surface area contributed by atoms with Gasteiger partial charge in [0.1, 0.15) is 0 Å². The van der Waals surface area contributed by atoms with E-state index in [4.69, 9.17) is 9.47 Å². The lowest BCUT2D eigenvalue weighted by atomic mass is 9.69. The van der Waals surface area contributed by atoms with Crippen LogP contribution in [0.2, 0.25) is 0 Å². The average molecular weight is 405 g/mol. The van der Waals surface area contributed by atoms with Crippen molar-refractivity contribution in [2.75, 3.05) is 40.0 Å². The number of methoxy groups -OCH3 is 1. The predicted molar refractivity (Wildman–Crippen MR) is 111 cm³/mol. The Kier molecular flexibility index (Phi) is 6.27. The smallest absolute Gasteiger partial charge is 0.274 e. The molecule has 3 aliphatic rings. The molecular weight excluding hydrogens is 368 g/mol. The van der Waals surface area contributed by atoms with Gasteiger partial charge in [-0.15, -0.1) is 0 Å². The molecule has 3 fully saturated rings. The molecule has 0 aromatic carbocycles. The zero-order valence-electron chi connectivity index (χ0n) is 18.2. The minimum absolute atomic E-state index is 0.0731. The number of aryl methyl sites for hydroxylation is 2. The van der Waals surface area contributed by atoms with Crippen LogP contribution in [0.15, 0.2) is 6.07 Å². The molecule has 7 heteroatoms. The van der Waals surface area contributed by atoms with Gasteiger partial charge in [-0.05, 0) is 38.7 Å². The summed E-state index contributed by atoms with van der Waals surface area (Å²) in [5, 5.41) is 4.37. The Morgan fingerprint density at radius 1 is 1.21 bits per heavy atom. The molecule has 0 N–H and O–H groups in total. The van der Waals surface area contributed by atoms with Gasteiger partial charge in [-0.25, -0.2) is 0 Å². The number of ether oxygens (including phenoxy) is 2. The Morgan fingerprint density at radius 2 is 1.93 bits per heavy atom. The quantitative estimate of drug-likeness (QED) is 0.682. The lowest BCUT2D eigenvalue weighted by Crippen LogP contribution is -2.75. The number of hydrogen-bond acceptors (Lipinski definition) is 5. The van der Waals surface area contributed by atoms with Crippen LogP contribution >= 0.6 is 0 Å². The monoisotopic (exact) mass is 404 g/mol. The minimum atomic E-state index is 0.0731. The van der Waals surface area contributed by atoms with E-state index in [9.17, 15) is 4.79 Å². The van der Waals surface area contributed by atoms with Crippen LogP contribution in [-0.4, -0.2) is 83.1 Å². The maximum atomic E-state index is 12.8. The highest BCUT2D eigenvalue weighted by atomic mass is 16.5. The molecule has 0 radical (unpaired) electrons. The van der Waals surface area contributed by atoms with E-state index in [0.717, 1.165) is 38.2 Å². The number of hydrogen-bond donors (Lipinski definition) is 0. The van der Waals surface area contributed by atoms with E-state index >= 15 is 0 Å². The molecule has 1 spiro atoms. The molecule has 1 unspecified atom stereocenters. The molecule has 1 aliphatic carbocycles. The molecule has 162 valence electrons. The van der Waals surface area contributed by atoms with Gasteiger partial charge < -0.3 is 14.4 Å². The van der Waals surface area contributed by atoms with Crippen molar-refractivity contribution in [3.63, 3.8) is 0 Å². The summed E-state index contributed by atoms with van der Waals surface area (Å²) in [5.74, 6) is 0.0731. The van der Waals surface area contributed by atoms with Crippen molar-refractivity contribution in [1.82, 2.24) is 19.6 Å². The number of nitrogens with zero attached hydrogens (tertiary/aromatic N) is 4. The second-order valence-electron chi connectivity index (χ2n) is 8.99. The number of carbonyl (C=O) groups excluding carboxylic acids is 1. The number of carbonyl (C=O) groups is 1. The highest BCUT2D eigenvalue weighted by molar-refractivity contribution is 5.92. The highest BCUT2D eigenvalue weighted by Crippen LogP contribution is 2.47. The van der Waals surface area contributed by atoms with E-state index in [1.54, 1.807) is 11.8 Å². The van der Waals surface area contributed by atoms with Crippen LogP contribution in [0.1, 0.15) is 61.1 Å². The van der Waals surface area contributed by atoms with Crippen molar-refractivity contribution < 1.29 is 14.3 Å². The van der Waals surface area contributed by atoms with Gasteiger partial charge in [0, 0.05) is 51.1 Å². The molecule has 29 heavy (non-hydrogen) atoms. The van der Waals surface area contributed by atoms with Crippen molar-refractivity contribution in [2.45, 2.75) is 69.6 Å². The minimum Gasteiger partial charge on any atom is -0.382 e. The van der Waals surface area contributed by atoms with E-state index in [1.807, 2.05) is 24.9 Å². The zero-order valence-corrected chi connectivity index (χ0v) is 18.2. The second-order valence-corrected chi connectivity index (χ2v) is 8.99. The number of rotatable bonds is 6. The first-order valence-corrected chi connectivity index (χ1v) is 11.2. The Hall–Kier alpha value is -1.44. The molecule has 1 saturated carbocycles. The van der Waals surface area contributed by atoms with E-state index in [1.165, 1.54) is 32.1 Å². The van der Waals surface area contributed by atoms with Gasteiger partial charge in [-0.3, -0.25) is 14.4 Å². The van der Waals surface area contributed by atoms with Crippen LogP contribution in [0.4, 0.5) is 0 Å². The van der Waals surface area contributed by atoms with Gasteiger partial charge in [-0.1, -0.05) is 19.3 Å². The number of amides is 1. The fraction of sp³-hybridized carbons (Fsp3) is 0.818. The second kappa shape index (κ2) is 8.74. The van der Waals surface area contributed by atoms with Crippen molar-refractivity contribution in [1.29, 1.82) is 0 Å². The summed E-state index contributed by atoms with van der Waals surface area (Å²) < 4.78 is 13.2. The fourth-order valence-corrected chi connectivity index (χ4v) is 5.58. The summed E-state index contributed by atoms with van der Waals surface area (Å²) in [6.45, 7) is 6.01. The molecular formula is C22H36N4O3. The standard InChI is InChI=1S/C22H36N4O3/c1-17-15-19(23-24(17)2)21(27)25-11-7-18(8-12-25)26-16-20(29-14-13-28-3)22(26)9-5-4-6-10-22/h15,18,20H,4-14,16H2,1-3H3. The van der Waals surface area contributed by atoms with E-state index < -0.39 is 0 Å². The number of aromatic nitrogens is 2. The van der Waals surface area contributed by atoms with E-state index in [2.05, 4.69) is 10.00 Å². The first-order valence-electron chi connectivity index (χ1n) is 11.2. The van der Waals surface area contributed by atoms with Crippen molar-refractivity contribution in [2.24, 2.45) is 7.05 Å². The molecule has 0 bridgehead atoms.